The normalized spacial score (nSPS) is 12.2. The standard InChI is InChI=1S/C12H16ClNO2/c1-16-12(15)11(14)4-2-3-9-5-7-10(13)8-6-9/h5-8,11H,2-4,14H2,1H3. The number of hydrogen-bond donors (Lipinski definition) is 1. The van der Waals surface area contributed by atoms with Crippen LogP contribution in [0.2, 0.25) is 5.02 Å². The first-order valence-electron chi connectivity index (χ1n) is 5.21. The third-order valence-corrected chi connectivity index (χ3v) is 2.65. The van der Waals surface area contributed by atoms with Crippen LogP contribution in [0.15, 0.2) is 24.3 Å². The minimum absolute atomic E-state index is 0.351. The van der Waals surface area contributed by atoms with Crippen LogP contribution >= 0.6 is 11.6 Å². The molecule has 1 aromatic carbocycles. The molecular weight excluding hydrogens is 226 g/mol. The lowest BCUT2D eigenvalue weighted by molar-refractivity contribution is -0.142. The van der Waals surface area contributed by atoms with Crippen molar-refractivity contribution >= 4 is 17.6 Å². The fourth-order valence-electron chi connectivity index (χ4n) is 1.45. The SMILES string of the molecule is COC(=O)C(N)CCCc1ccc(Cl)cc1. The molecule has 3 nitrogen and oxygen atoms in total. The zero-order valence-electron chi connectivity index (χ0n) is 9.28. The van der Waals surface area contributed by atoms with Crippen LogP contribution in [-0.2, 0) is 16.0 Å². The largest absolute Gasteiger partial charge is 0.468 e. The van der Waals surface area contributed by atoms with E-state index < -0.39 is 6.04 Å². The third-order valence-electron chi connectivity index (χ3n) is 2.40. The Bertz CT molecular complexity index is 337. The van der Waals surface area contributed by atoms with Gasteiger partial charge in [0.1, 0.15) is 6.04 Å². The average Bonchev–Trinajstić information content (AvgIpc) is 2.30. The maximum absolute atomic E-state index is 11.0. The second-order valence-electron chi connectivity index (χ2n) is 3.65. The van der Waals surface area contributed by atoms with Gasteiger partial charge in [-0.3, -0.25) is 4.79 Å². The van der Waals surface area contributed by atoms with Gasteiger partial charge in [-0.15, -0.1) is 0 Å². The van der Waals surface area contributed by atoms with Crippen molar-refractivity contribution in [2.75, 3.05) is 7.11 Å². The molecule has 1 unspecified atom stereocenters. The predicted molar refractivity (Wildman–Crippen MR) is 64.4 cm³/mol. The van der Waals surface area contributed by atoms with E-state index in [1.54, 1.807) is 0 Å². The first-order chi connectivity index (χ1) is 7.63. The van der Waals surface area contributed by atoms with Crippen LogP contribution in [0.4, 0.5) is 0 Å². The first-order valence-corrected chi connectivity index (χ1v) is 5.59. The smallest absolute Gasteiger partial charge is 0.322 e. The van der Waals surface area contributed by atoms with E-state index in [0.29, 0.717) is 6.42 Å². The summed E-state index contributed by atoms with van der Waals surface area (Å²) >= 11 is 5.78. The second-order valence-corrected chi connectivity index (χ2v) is 4.08. The number of ether oxygens (including phenoxy) is 1. The molecule has 0 aliphatic carbocycles. The summed E-state index contributed by atoms with van der Waals surface area (Å²) in [5, 5.41) is 0.731. The Hall–Kier alpha value is -1.06. The number of methoxy groups -OCH3 is 1. The minimum atomic E-state index is -0.516. The summed E-state index contributed by atoms with van der Waals surface area (Å²) in [5.74, 6) is -0.351. The Morgan fingerprint density at radius 3 is 2.62 bits per heavy atom. The lowest BCUT2D eigenvalue weighted by Crippen LogP contribution is -2.31. The monoisotopic (exact) mass is 241 g/mol. The van der Waals surface area contributed by atoms with E-state index >= 15 is 0 Å². The van der Waals surface area contributed by atoms with Crippen molar-refractivity contribution in [1.82, 2.24) is 0 Å². The summed E-state index contributed by atoms with van der Waals surface area (Å²) in [4.78, 5) is 11.0. The van der Waals surface area contributed by atoms with Crippen molar-refractivity contribution in [2.45, 2.75) is 25.3 Å². The number of benzene rings is 1. The number of halogens is 1. The van der Waals surface area contributed by atoms with Crippen LogP contribution in [0.25, 0.3) is 0 Å². The average molecular weight is 242 g/mol. The molecule has 0 spiro atoms. The minimum Gasteiger partial charge on any atom is -0.468 e. The number of aryl methyl sites for hydroxylation is 1. The quantitative estimate of drug-likeness (QED) is 0.804. The van der Waals surface area contributed by atoms with Crippen LogP contribution in [0.5, 0.6) is 0 Å². The second kappa shape index (κ2) is 6.51. The first kappa shape index (κ1) is 13.0. The van der Waals surface area contributed by atoms with Gasteiger partial charge in [0, 0.05) is 5.02 Å². The van der Waals surface area contributed by atoms with E-state index in [-0.39, 0.29) is 5.97 Å². The molecule has 1 atom stereocenters. The molecule has 4 heteroatoms. The van der Waals surface area contributed by atoms with E-state index in [9.17, 15) is 4.79 Å². The molecule has 0 saturated heterocycles. The Balaban J connectivity index is 2.30. The molecule has 0 radical (unpaired) electrons. The molecule has 0 aliphatic rings. The molecule has 0 aliphatic heterocycles. The van der Waals surface area contributed by atoms with Gasteiger partial charge in [-0.1, -0.05) is 23.7 Å². The maximum atomic E-state index is 11.0. The summed E-state index contributed by atoms with van der Waals surface area (Å²) in [6, 6.07) is 7.16. The Morgan fingerprint density at radius 2 is 2.06 bits per heavy atom. The summed E-state index contributed by atoms with van der Waals surface area (Å²) < 4.78 is 4.55. The van der Waals surface area contributed by atoms with E-state index in [1.807, 2.05) is 24.3 Å². The molecule has 2 N–H and O–H groups in total. The summed E-state index contributed by atoms with van der Waals surface area (Å²) in [6.07, 6.45) is 2.38. The molecule has 0 aromatic heterocycles. The number of nitrogens with two attached hydrogens (primary N) is 1. The van der Waals surface area contributed by atoms with Gasteiger partial charge >= 0.3 is 5.97 Å². The van der Waals surface area contributed by atoms with Crippen LogP contribution in [0.1, 0.15) is 18.4 Å². The van der Waals surface area contributed by atoms with Crippen molar-refractivity contribution in [2.24, 2.45) is 5.73 Å². The fraction of sp³-hybridized carbons (Fsp3) is 0.417. The zero-order valence-corrected chi connectivity index (χ0v) is 10.0. The number of carbonyl (C=O) groups excluding carboxylic acids is 1. The molecule has 0 heterocycles. The van der Waals surface area contributed by atoms with Gasteiger partial charge in [-0.2, -0.15) is 0 Å². The number of esters is 1. The van der Waals surface area contributed by atoms with Gasteiger partial charge in [-0.25, -0.2) is 0 Å². The lowest BCUT2D eigenvalue weighted by Gasteiger charge is -2.08. The highest BCUT2D eigenvalue weighted by Crippen LogP contribution is 2.12. The van der Waals surface area contributed by atoms with Crippen molar-refractivity contribution in [1.29, 1.82) is 0 Å². The van der Waals surface area contributed by atoms with Gasteiger partial charge in [0.05, 0.1) is 7.11 Å². The Labute approximate surface area is 101 Å². The van der Waals surface area contributed by atoms with E-state index in [2.05, 4.69) is 4.74 Å². The molecule has 0 amide bonds. The highest BCUT2D eigenvalue weighted by Gasteiger charge is 2.12. The molecule has 88 valence electrons. The highest BCUT2D eigenvalue weighted by atomic mass is 35.5. The topological polar surface area (TPSA) is 52.3 Å². The van der Waals surface area contributed by atoms with Crippen molar-refractivity contribution in [3.63, 3.8) is 0 Å². The van der Waals surface area contributed by atoms with Crippen LogP contribution in [0.3, 0.4) is 0 Å². The van der Waals surface area contributed by atoms with E-state index in [0.717, 1.165) is 17.9 Å². The third kappa shape index (κ3) is 4.21. The van der Waals surface area contributed by atoms with E-state index in [4.69, 9.17) is 17.3 Å². The zero-order chi connectivity index (χ0) is 12.0. The lowest BCUT2D eigenvalue weighted by atomic mass is 10.1. The number of carbonyl (C=O) groups is 1. The Kier molecular flexibility index (Phi) is 5.29. The number of rotatable bonds is 5. The molecule has 0 fully saturated rings. The van der Waals surface area contributed by atoms with Gasteiger partial charge in [0.15, 0.2) is 0 Å². The van der Waals surface area contributed by atoms with Gasteiger partial charge in [0.2, 0.25) is 0 Å². The molecule has 16 heavy (non-hydrogen) atoms. The Morgan fingerprint density at radius 1 is 1.44 bits per heavy atom. The summed E-state index contributed by atoms with van der Waals surface area (Å²) in [6.45, 7) is 0. The maximum Gasteiger partial charge on any atom is 0.322 e. The van der Waals surface area contributed by atoms with Gasteiger partial charge < -0.3 is 10.5 Å². The summed E-state index contributed by atoms with van der Waals surface area (Å²) in [5.41, 5.74) is 6.82. The molecular formula is C12H16ClNO2. The van der Waals surface area contributed by atoms with Crippen LogP contribution in [0, 0.1) is 0 Å². The molecule has 0 bridgehead atoms. The van der Waals surface area contributed by atoms with Crippen LogP contribution < -0.4 is 5.73 Å². The fourth-order valence-corrected chi connectivity index (χ4v) is 1.57. The van der Waals surface area contributed by atoms with Gasteiger partial charge in [-0.05, 0) is 37.0 Å². The van der Waals surface area contributed by atoms with Crippen LogP contribution in [-0.4, -0.2) is 19.1 Å². The van der Waals surface area contributed by atoms with E-state index in [1.165, 1.54) is 12.7 Å². The number of hydrogen-bond acceptors (Lipinski definition) is 3. The van der Waals surface area contributed by atoms with Crippen molar-refractivity contribution < 1.29 is 9.53 Å². The van der Waals surface area contributed by atoms with Crippen molar-refractivity contribution in [3.05, 3.63) is 34.9 Å². The van der Waals surface area contributed by atoms with Crippen molar-refractivity contribution in [3.8, 4) is 0 Å². The predicted octanol–water partition coefficient (Wildman–Crippen LogP) is 2.16. The highest BCUT2D eigenvalue weighted by molar-refractivity contribution is 6.30. The summed E-state index contributed by atoms with van der Waals surface area (Å²) in [7, 11) is 1.35. The van der Waals surface area contributed by atoms with Gasteiger partial charge in [0.25, 0.3) is 0 Å². The molecule has 0 saturated carbocycles. The molecule has 1 rings (SSSR count). The molecule has 1 aromatic rings.